The van der Waals surface area contributed by atoms with E-state index in [0.29, 0.717) is 25.9 Å². The summed E-state index contributed by atoms with van der Waals surface area (Å²) in [6.07, 6.45) is 6.62. The maximum atomic E-state index is 11.8. The first-order chi connectivity index (χ1) is 10.7. The molecule has 0 saturated carbocycles. The molecule has 0 saturated heterocycles. The summed E-state index contributed by atoms with van der Waals surface area (Å²) in [5, 5.41) is 13.7. The van der Waals surface area contributed by atoms with Crippen LogP contribution in [-0.4, -0.2) is 35.5 Å². The van der Waals surface area contributed by atoms with Crippen LogP contribution in [0.25, 0.3) is 5.65 Å². The van der Waals surface area contributed by atoms with Gasteiger partial charge in [-0.2, -0.15) is 0 Å². The third kappa shape index (κ3) is 3.46. The van der Waals surface area contributed by atoms with E-state index in [9.17, 15) is 4.79 Å². The number of pyridine rings is 1. The van der Waals surface area contributed by atoms with Crippen molar-refractivity contribution in [2.45, 2.75) is 32.9 Å². The molecule has 3 aromatic rings. The highest BCUT2D eigenvalue weighted by Gasteiger charge is 2.05. The first kappa shape index (κ1) is 14.2. The molecule has 0 bridgehead atoms. The monoisotopic (exact) mass is 299 g/mol. The molecule has 0 aliphatic rings. The summed E-state index contributed by atoms with van der Waals surface area (Å²) < 4.78 is 3.58. The van der Waals surface area contributed by atoms with Crippen molar-refractivity contribution in [1.29, 1.82) is 0 Å². The average molecular weight is 299 g/mol. The molecule has 0 aliphatic heterocycles. The molecule has 3 heterocycles. The summed E-state index contributed by atoms with van der Waals surface area (Å²) in [5.74, 6) is 0.00121. The molecule has 0 aromatic carbocycles. The van der Waals surface area contributed by atoms with Crippen LogP contribution < -0.4 is 5.32 Å². The lowest BCUT2D eigenvalue weighted by atomic mass is 10.3. The molecule has 3 aromatic heterocycles. The van der Waals surface area contributed by atoms with E-state index in [0.717, 1.165) is 11.3 Å². The van der Waals surface area contributed by atoms with Gasteiger partial charge in [-0.1, -0.05) is 6.07 Å². The Morgan fingerprint density at radius 3 is 3.05 bits per heavy atom. The SMILES string of the molecule is Cc1ccc2nc(CNC(=O)CCCn3cnnn3)cn2c1. The lowest BCUT2D eigenvalue weighted by Gasteiger charge is -2.02. The van der Waals surface area contributed by atoms with Crippen LogP contribution in [0.1, 0.15) is 24.1 Å². The smallest absolute Gasteiger partial charge is 0.220 e. The Kier molecular flexibility index (Phi) is 4.08. The van der Waals surface area contributed by atoms with Crippen LogP contribution in [0.4, 0.5) is 0 Å². The van der Waals surface area contributed by atoms with Gasteiger partial charge in [-0.15, -0.1) is 5.10 Å². The Hall–Kier alpha value is -2.77. The summed E-state index contributed by atoms with van der Waals surface area (Å²) in [6, 6.07) is 3.98. The molecule has 114 valence electrons. The van der Waals surface area contributed by atoms with Crippen molar-refractivity contribution in [3.8, 4) is 0 Å². The number of carbonyl (C=O) groups is 1. The molecule has 0 atom stereocenters. The molecule has 22 heavy (non-hydrogen) atoms. The second-order valence-electron chi connectivity index (χ2n) is 5.16. The normalized spacial score (nSPS) is 11.0. The fourth-order valence-electron chi connectivity index (χ4n) is 2.20. The third-order valence-corrected chi connectivity index (χ3v) is 3.30. The number of nitrogens with one attached hydrogen (secondary N) is 1. The van der Waals surface area contributed by atoms with Gasteiger partial charge < -0.3 is 9.72 Å². The average Bonchev–Trinajstić information content (AvgIpc) is 3.13. The molecular formula is C14H17N7O. The predicted molar refractivity (Wildman–Crippen MR) is 78.8 cm³/mol. The molecule has 0 aliphatic carbocycles. The summed E-state index contributed by atoms with van der Waals surface area (Å²) in [4.78, 5) is 16.3. The first-order valence-electron chi connectivity index (χ1n) is 7.12. The Bertz CT molecular complexity index is 763. The van der Waals surface area contributed by atoms with Gasteiger partial charge in [0.15, 0.2) is 0 Å². The topological polar surface area (TPSA) is 90.0 Å². The molecule has 8 nitrogen and oxygen atoms in total. The standard InChI is InChI=1S/C14H17N7O/c1-11-4-5-13-17-12(9-20(13)8-11)7-15-14(22)3-2-6-21-10-16-18-19-21/h4-5,8-10H,2-3,6-7H2,1H3,(H,15,22). The Morgan fingerprint density at radius 1 is 1.32 bits per heavy atom. The van der Waals surface area contributed by atoms with Crippen molar-refractivity contribution < 1.29 is 4.79 Å². The molecule has 8 heteroatoms. The van der Waals surface area contributed by atoms with Gasteiger partial charge in [0, 0.05) is 25.4 Å². The molecule has 0 spiro atoms. The minimum Gasteiger partial charge on any atom is -0.350 e. The molecule has 3 rings (SSSR count). The van der Waals surface area contributed by atoms with Gasteiger partial charge in [0.05, 0.1) is 12.2 Å². The number of carbonyl (C=O) groups excluding carboxylic acids is 1. The number of amides is 1. The maximum absolute atomic E-state index is 11.8. The lowest BCUT2D eigenvalue weighted by Crippen LogP contribution is -2.23. The summed E-state index contributed by atoms with van der Waals surface area (Å²) >= 11 is 0. The molecule has 0 radical (unpaired) electrons. The van der Waals surface area contributed by atoms with Gasteiger partial charge in [0.25, 0.3) is 0 Å². The van der Waals surface area contributed by atoms with E-state index in [1.54, 1.807) is 4.68 Å². The number of imidazole rings is 1. The molecule has 0 unspecified atom stereocenters. The van der Waals surface area contributed by atoms with E-state index in [1.165, 1.54) is 11.9 Å². The molecular weight excluding hydrogens is 282 g/mol. The fourth-order valence-corrected chi connectivity index (χ4v) is 2.20. The van der Waals surface area contributed by atoms with Gasteiger partial charge in [0.2, 0.25) is 5.91 Å². The van der Waals surface area contributed by atoms with Crippen LogP contribution >= 0.6 is 0 Å². The zero-order valence-corrected chi connectivity index (χ0v) is 12.3. The van der Waals surface area contributed by atoms with E-state index in [2.05, 4.69) is 25.8 Å². The van der Waals surface area contributed by atoms with E-state index in [4.69, 9.17) is 0 Å². The summed E-state index contributed by atoms with van der Waals surface area (Å²) in [5.41, 5.74) is 2.90. The molecule has 1 N–H and O–H groups in total. The number of rotatable bonds is 6. The Labute approximate surface area is 127 Å². The van der Waals surface area contributed by atoms with Crippen LogP contribution in [0.2, 0.25) is 0 Å². The minimum absolute atomic E-state index is 0.00121. The number of aromatic nitrogens is 6. The van der Waals surface area contributed by atoms with Gasteiger partial charge >= 0.3 is 0 Å². The van der Waals surface area contributed by atoms with E-state index in [-0.39, 0.29) is 5.91 Å². The van der Waals surface area contributed by atoms with E-state index in [1.807, 2.05) is 35.9 Å². The van der Waals surface area contributed by atoms with Crippen molar-refractivity contribution in [3.05, 3.63) is 42.1 Å². The van der Waals surface area contributed by atoms with Crippen molar-refractivity contribution in [2.24, 2.45) is 0 Å². The summed E-state index contributed by atoms with van der Waals surface area (Å²) in [6.45, 7) is 3.10. The Morgan fingerprint density at radius 2 is 2.23 bits per heavy atom. The Balaban J connectivity index is 1.47. The number of hydrogen-bond acceptors (Lipinski definition) is 5. The van der Waals surface area contributed by atoms with Crippen molar-refractivity contribution in [3.63, 3.8) is 0 Å². The zero-order valence-electron chi connectivity index (χ0n) is 12.3. The number of nitrogens with zero attached hydrogens (tertiary/aromatic N) is 6. The summed E-state index contributed by atoms with van der Waals surface area (Å²) in [7, 11) is 0. The zero-order chi connectivity index (χ0) is 15.4. The highest BCUT2D eigenvalue weighted by atomic mass is 16.1. The van der Waals surface area contributed by atoms with Crippen molar-refractivity contribution in [2.75, 3.05) is 0 Å². The van der Waals surface area contributed by atoms with Crippen LogP contribution in [0.5, 0.6) is 0 Å². The minimum atomic E-state index is 0.00121. The van der Waals surface area contributed by atoms with Gasteiger partial charge in [0.1, 0.15) is 12.0 Å². The van der Waals surface area contributed by atoms with Crippen LogP contribution in [0.15, 0.2) is 30.9 Å². The van der Waals surface area contributed by atoms with Crippen molar-refractivity contribution >= 4 is 11.6 Å². The number of tetrazole rings is 1. The second-order valence-corrected chi connectivity index (χ2v) is 5.16. The van der Waals surface area contributed by atoms with Gasteiger partial charge in [-0.05, 0) is 35.4 Å². The van der Waals surface area contributed by atoms with E-state index >= 15 is 0 Å². The molecule has 0 fully saturated rings. The second kappa shape index (κ2) is 6.33. The van der Waals surface area contributed by atoms with Crippen LogP contribution in [-0.2, 0) is 17.9 Å². The highest BCUT2D eigenvalue weighted by molar-refractivity contribution is 5.75. The predicted octanol–water partition coefficient (Wildman–Crippen LogP) is 0.726. The van der Waals surface area contributed by atoms with Crippen LogP contribution in [0, 0.1) is 6.92 Å². The van der Waals surface area contributed by atoms with Gasteiger partial charge in [-0.25, -0.2) is 9.67 Å². The quantitative estimate of drug-likeness (QED) is 0.724. The molecule has 1 amide bonds. The van der Waals surface area contributed by atoms with Gasteiger partial charge in [-0.3, -0.25) is 4.79 Å². The third-order valence-electron chi connectivity index (χ3n) is 3.30. The van der Waals surface area contributed by atoms with E-state index < -0.39 is 0 Å². The number of fused-ring (bicyclic) bond motifs is 1. The largest absolute Gasteiger partial charge is 0.350 e. The lowest BCUT2D eigenvalue weighted by molar-refractivity contribution is -0.121. The maximum Gasteiger partial charge on any atom is 0.220 e. The highest BCUT2D eigenvalue weighted by Crippen LogP contribution is 2.07. The van der Waals surface area contributed by atoms with Crippen molar-refractivity contribution in [1.82, 2.24) is 34.9 Å². The number of aryl methyl sites for hydroxylation is 2. The fraction of sp³-hybridized carbons (Fsp3) is 0.357. The first-order valence-corrected chi connectivity index (χ1v) is 7.12. The number of hydrogen-bond donors (Lipinski definition) is 1. The van der Waals surface area contributed by atoms with Crippen LogP contribution in [0.3, 0.4) is 0 Å².